The van der Waals surface area contributed by atoms with E-state index in [-0.39, 0.29) is 18.6 Å². The van der Waals surface area contributed by atoms with E-state index in [1.54, 1.807) is 0 Å². The molecule has 0 saturated carbocycles. The summed E-state index contributed by atoms with van der Waals surface area (Å²) in [6.45, 7) is 0.692. The number of ether oxygens (including phenoxy) is 1. The van der Waals surface area contributed by atoms with Crippen LogP contribution in [0.1, 0.15) is 28.3 Å². The number of nitrogens with zero attached hydrogens (tertiary/aromatic N) is 1. The SMILES string of the molecule is O=C(N[C@@H](Cc1ccccc1)[C@@H]1C(=O)N(Cc2ccccc2)[C@H]1c1ccccc1)OCc1ccccc1. The zero-order chi connectivity index (χ0) is 25.5. The van der Waals surface area contributed by atoms with Crippen molar-refractivity contribution in [2.75, 3.05) is 0 Å². The molecule has 4 aromatic rings. The van der Waals surface area contributed by atoms with Crippen LogP contribution in [0, 0.1) is 5.92 Å². The third-order valence-electron chi connectivity index (χ3n) is 6.83. The van der Waals surface area contributed by atoms with Gasteiger partial charge < -0.3 is 15.0 Å². The van der Waals surface area contributed by atoms with Gasteiger partial charge in [-0.15, -0.1) is 0 Å². The predicted octanol–water partition coefficient (Wildman–Crippen LogP) is 5.92. The smallest absolute Gasteiger partial charge is 0.407 e. The highest BCUT2D eigenvalue weighted by atomic mass is 16.5. The second-order valence-corrected chi connectivity index (χ2v) is 9.34. The highest BCUT2D eigenvalue weighted by Gasteiger charge is 2.52. The summed E-state index contributed by atoms with van der Waals surface area (Å²) in [6, 6.07) is 39.0. The third kappa shape index (κ3) is 5.89. The summed E-state index contributed by atoms with van der Waals surface area (Å²) >= 11 is 0. The van der Waals surface area contributed by atoms with E-state index in [4.69, 9.17) is 4.74 Å². The molecule has 186 valence electrons. The molecule has 1 N–H and O–H groups in total. The van der Waals surface area contributed by atoms with Gasteiger partial charge in [0.15, 0.2) is 0 Å². The maximum Gasteiger partial charge on any atom is 0.407 e. The normalized spacial score (nSPS) is 17.5. The van der Waals surface area contributed by atoms with Crippen LogP contribution in [-0.2, 0) is 29.1 Å². The van der Waals surface area contributed by atoms with Crippen LogP contribution in [0.5, 0.6) is 0 Å². The van der Waals surface area contributed by atoms with E-state index in [1.165, 1.54) is 0 Å². The van der Waals surface area contributed by atoms with E-state index >= 15 is 0 Å². The van der Waals surface area contributed by atoms with Crippen LogP contribution in [0.2, 0.25) is 0 Å². The summed E-state index contributed by atoms with van der Waals surface area (Å²) in [6.07, 6.45) is 0.00566. The highest BCUT2D eigenvalue weighted by molar-refractivity contribution is 5.88. The monoisotopic (exact) mass is 490 g/mol. The van der Waals surface area contributed by atoms with Gasteiger partial charge in [0.25, 0.3) is 0 Å². The number of hydrogen-bond donors (Lipinski definition) is 1. The molecule has 1 heterocycles. The van der Waals surface area contributed by atoms with E-state index in [2.05, 4.69) is 17.4 Å². The molecule has 37 heavy (non-hydrogen) atoms. The van der Waals surface area contributed by atoms with Crippen LogP contribution in [0.15, 0.2) is 121 Å². The van der Waals surface area contributed by atoms with Crippen LogP contribution in [0.3, 0.4) is 0 Å². The molecule has 4 aromatic carbocycles. The molecule has 0 bridgehead atoms. The first-order valence-electron chi connectivity index (χ1n) is 12.6. The second-order valence-electron chi connectivity index (χ2n) is 9.34. The van der Waals surface area contributed by atoms with Gasteiger partial charge in [0, 0.05) is 6.54 Å². The summed E-state index contributed by atoms with van der Waals surface area (Å²) in [5, 5.41) is 3.04. The quantitative estimate of drug-likeness (QED) is 0.296. The number of hydrogen-bond acceptors (Lipinski definition) is 3. The lowest BCUT2D eigenvalue weighted by Gasteiger charge is -2.50. The Bertz CT molecular complexity index is 1300. The van der Waals surface area contributed by atoms with Gasteiger partial charge in [0.1, 0.15) is 6.61 Å². The Kier molecular flexibility index (Phi) is 7.60. The van der Waals surface area contributed by atoms with Crippen LogP contribution in [0.25, 0.3) is 0 Å². The molecular weight excluding hydrogens is 460 g/mol. The predicted molar refractivity (Wildman–Crippen MR) is 143 cm³/mol. The number of carbonyl (C=O) groups excluding carboxylic acids is 2. The number of β-lactam (4-membered cyclic amide) rings is 1. The first-order chi connectivity index (χ1) is 18.2. The van der Waals surface area contributed by atoms with Crippen LogP contribution in [-0.4, -0.2) is 22.9 Å². The molecule has 3 atom stereocenters. The van der Waals surface area contributed by atoms with Crippen molar-refractivity contribution < 1.29 is 14.3 Å². The van der Waals surface area contributed by atoms with Gasteiger partial charge in [-0.3, -0.25) is 4.79 Å². The lowest BCUT2D eigenvalue weighted by Crippen LogP contribution is -2.62. The van der Waals surface area contributed by atoms with E-state index in [1.807, 2.05) is 114 Å². The fourth-order valence-electron chi connectivity index (χ4n) is 5.01. The standard InChI is InChI=1S/C32H30N2O3/c35-31-29(30(27-19-11-4-12-20-27)34(31)22-25-15-7-2-8-16-25)28(21-24-13-5-1-6-14-24)33-32(36)37-23-26-17-9-3-10-18-26/h1-20,28-30H,21-23H2,(H,33,36)/t28-,29-,30-/m0/s1. The number of alkyl carbamates (subject to hydrolysis) is 1. The number of likely N-dealkylation sites (tertiary alicyclic amines) is 1. The van der Waals surface area contributed by atoms with Crippen molar-refractivity contribution in [1.82, 2.24) is 10.2 Å². The van der Waals surface area contributed by atoms with Crippen molar-refractivity contribution in [1.29, 1.82) is 0 Å². The van der Waals surface area contributed by atoms with Gasteiger partial charge in [-0.1, -0.05) is 121 Å². The average Bonchev–Trinajstić information content (AvgIpc) is 2.95. The Morgan fingerprint density at radius 1 is 0.730 bits per heavy atom. The van der Waals surface area contributed by atoms with E-state index in [9.17, 15) is 9.59 Å². The topological polar surface area (TPSA) is 58.6 Å². The number of nitrogens with one attached hydrogen (secondary N) is 1. The lowest BCUT2D eigenvalue weighted by atomic mass is 9.75. The van der Waals surface area contributed by atoms with Crippen molar-refractivity contribution in [3.8, 4) is 0 Å². The van der Waals surface area contributed by atoms with Crippen LogP contribution >= 0.6 is 0 Å². The Morgan fingerprint density at radius 3 is 1.84 bits per heavy atom. The maximum atomic E-state index is 13.7. The lowest BCUT2D eigenvalue weighted by molar-refractivity contribution is -0.160. The molecule has 5 rings (SSSR count). The Balaban J connectivity index is 1.39. The van der Waals surface area contributed by atoms with Gasteiger partial charge in [-0.2, -0.15) is 0 Å². The highest BCUT2D eigenvalue weighted by Crippen LogP contribution is 2.43. The first-order valence-corrected chi connectivity index (χ1v) is 12.6. The molecule has 0 aromatic heterocycles. The molecule has 1 fully saturated rings. The fourth-order valence-corrected chi connectivity index (χ4v) is 5.01. The molecule has 1 aliphatic rings. The molecule has 5 heteroatoms. The average molecular weight is 491 g/mol. The van der Waals surface area contributed by atoms with Crippen molar-refractivity contribution >= 4 is 12.0 Å². The minimum absolute atomic E-state index is 0.0296. The number of amides is 2. The van der Waals surface area contributed by atoms with Gasteiger partial charge in [0.2, 0.25) is 5.91 Å². The van der Waals surface area contributed by atoms with E-state index in [0.29, 0.717) is 13.0 Å². The van der Waals surface area contributed by atoms with Crippen molar-refractivity contribution in [3.63, 3.8) is 0 Å². The Morgan fingerprint density at radius 2 is 1.24 bits per heavy atom. The first kappa shape index (κ1) is 24.3. The van der Waals surface area contributed by atoms with Gasteiger partial charge in [0.05, 0.1) is 18.0 Å². The number of rotatable bonds is 9. The second kappa shape index (κ2) is 11.6. The van der Waals surface area contributed by atoms with Crippen LogP contribution < -0.4 is 5.32 Å². The zero-order valence-corrected chi connectivity index (χ0v) is 20.6. The third-order valence-corrected chi connectivity index (χ3v) is 6.83. The molecule has 0 spiro atoms. The minimum Gasteiger partial charge on any atom is -0.445 e. The summed E-state index contributed by atoms with van der Waals surface area (Å²) in [5.41, 5.74) is 4.09. The van der Waals surface area contributed by atoms with Gasteiger partial charge in [-0.25, -0.2) is 4.79 Å². The molecular formula is C32H30N2O3. The molecule has 0 unspecified atom stereocenters. The summed E-state index contributed by atoms with van der Waals surface area (Å²) < 4.78 is 5.54. The van der Waals surface area contributed by atoms with E-state index < -0.39 is 18.1 Å². The minimum atomic E-state index is -0.522. The summed E-state index contributed by atoms with van der Waals surface area (Å²) in [4.78, 5) is 28.5. The number of carbonyl (C=O) groups is 2. The zero-order valence-electron chi connectivity index (χ0n) is 20.6. The van der Waals surface area contributed by atoms with Gasteiger partial charge >= 0.3 is 6.09 Å². The van der Waals surface area contributed by atoms with Crippen molar-refractivity contribution in [3.05, 3.63) is 144 Å². The van der Waals surface area contributed by atoms with Gasteiger partial charge in [-0.05, 0) is 28.7 Å². The Labute approximate surface area is 217 Å². The molecule has 1 saturated heterocycles. The largest absolute Gasteiger partial charge is 0.445 e. The van der Waals surface area contributed by atoms with Crippen LogP contribution in [0.4, 0.5) is 4.79 Å². The molecule has 5 nitrogen and oxygen atoms in total. The Hall–Kier alpha value is -4.38. The van der Waals surface area contributed by atoms with Crippen molar-refractivity contribution in [2.45, 2.75) is 31.7 Å². The van der Waals surface area contributed by atoms with E-state index in [0.717, 1.165) is 22.3 Å². The summed E-state index contributed by atoms with van der Waals surface area (Å²) in [5.74, 6) is -0.377. The number of benzene rings is 4. The maximum absolute atomic E-state index is 13.7. The molecule has 0 radical (unpaired) electrons. The molecule has 0 aliphatic carbocycles. The molecule has 2 amide bonds. The summed E-state index contributed by atoms with van der Waals surface area (Å²) in [7, 11) is 0. The fraction of sp³-hybridized carbons (Fsp3) is 0.188. The molecule has 1 aliphatic heterocycles. The van der Waals surface area contributed by atoms with Crippen molar-refractivity contribution in [2.24, 2.45) is 5.92 Å².